The quantitative estimate of drug-likeness (QED) is 0.913. The maximum Gasteiger partial charge on any atom is 0.115 e. The van der Waals surface area contributed by atoms with Gasteiger partial charge in [0, 0.05) is 19.7 Å². The van der Waals surface area contributed by atoms with E-state index in [-0.39, 0.29) is 6.04 Å². The summed E-state index contributed by atoms with van der Waals surface area (Å²) >= 11 is 6.29. The second-order valence-electron chi connectivity index (χ2n) is 4.13. The van der Waals surface area contributed by atoms with Crippen molar-refractivity contribution in [2.24, 2.45) is 12.8 Å². The lowest BCUT2D eigenvalue weighted by Crippen LogP contribution is -2.17. The van der Waals surface area contributed by atoms with Gasteiger partial charge in [-0.2, -0.15) is 5.10 Å². The van der Waals surface area contributed by atoms with E-state index in [0.29, 0.717) is 11.4 Å². The van der Waals surface area contributed by atoms with Gasteiger partial charge in [-0.15, -0.1) is 0 Å². The van der Waals surface area contributed by atoms with E-state index in [1.165, 1.54) is 6.33 Å². The third-order valence-corrected chi connectivity index (χ3v) is 3.34. The molecule has 6 heteroatoms. The first kappa shape index (κ1) is 13.0. The molecule has 1 unspecified atom stereocenters. The molecule has 0 aliphatic rings. The van der Waals surface area contributed by atoms with Crippen LogP contribution in [-0.2, 0) is 19.9 Å². The second-order valence-corrected chi connectivity index (χ2v) is 4.51. The Bertz CT molecular complexity index is 523. The minimum absolute atomic E-state index is 0.203. The molecule has 2 aromatic heterocycles. The van der Waals surface area contributed by atoms with Crippen molar-refractivity contribution < 1.29 is 0 Å². The van der Waals surface area contributed by atoms with Crippen molar-refractivity contribution >= 4 is 11.6 Å². The highest BCUT2D eigenvalue weighted by atomic mass is 35.5. The SMILES string of the molecule is CCc1nn(C)c(CC(N)c2ccncn2)c1Cl. The number of hydrogen-bond donors (Lipinski definition) is 1. The van der Waals surface area contributed by atoms with Gasteiger partial charge in [-0.1, -0.05) is 18.5 Å². The Morgan fingerprint density at radius 3 is 2.83 bits per heavy atom. The monoisotopic (exact) mass is 265 g/mol. The van der Waals surface area contributed by atoms with Gasteiger partial charge < -0.3 is 5.73 Å². The van der Waals surface area contributed by atoms with Crippen LogP contribution in [0.5, 0.6) is 0 Å². The van der Waals surface area contributed by atoms with Crippen LogP contribution in [0, 0.1) is 0 Å². The van der Waals surface area contributed by atoms with Crippen molar-refractivity contribution in [3.8, 4) is 0 Å². The Hall–Kier alpha value is -1.46. The molecule has 0 aliphatic carbocycles. The largest absolute Gasteiger partial charge is 0.322 e. The Morgan fingerprint density at radius 1 is 1.50 bits per heavy atom. The molecular formula is C12H16ClN5. The molecule has 0 saturated carbocycles. The number of rotatable bonds is 4. The predicted octanol–water partition coefficient (Wildman–Crippen LogP) is 1.67. The van der Waals surface area contributed by atoms with Crippen molar-refractivity contribution in [2.75, 3.05) is 0 Å². The third kappa shape index (κ3) is 2.52. The molecule has 0 bridgehead atoms. The van der Waals surface area contributed by atoms with Crippen LogP contribution in [0.15, 0.2) is 18.6 Å². The summed E-state index contributed by atoms with van der Waals surface area (Å²) in [6, 6.07) is 1.61. The first-order valence-corrected chi connectivity index (χ1v) is 6.23. The van der Waals surface area contributed by atoms with E-state index >= 15 is 0 Å². The number of nitrogens with zero attached hydrogens (tertiary/aromatic N) is 4. The Labute approximate surface area is 111 Å². The maximum atomic E-state index is 6.29. The van der Waals surface area contributed by atoms with Gasteiger partial charge in [-0.05, 0) is 12.5 Å². The highest BCUT2D eigenvalue weighted by molar-refractivity contribution is 6.31. The number of aromatic nitrogens is 4. The fourth-order valence-corrected chi connectivity index (χ4v) is 2.25. The van der Waals surface area contributed by atoms with Gasteiger partial charge in [0.15, 0.2) is 0 Å². The van der Waals surface area contributed by atoms with Crippen molar-refractivity contribution in [1.82, 2.24) is 19.7 Å². The summed E-state index contributed by atoms with van der Waals surface area (Å²) in [5, 5.41) is 5.08. The van der Waals surface area contributed by atoms with Crippen molar-refractivity contribution in [3.63, 3.8) is 0 Å². The first-order chi connectivity index (χ1) is 8.63. The lowest BCUT2D eigenvalue weighted by Gasteiger charge is -2.11. The zero-order chi connectivity index (χ0) is 13.1. The normalized spacial score (nSPS) is 12.7. The lowest BCUT2D eigenvalue weighted by molar-refractivity contribution is 0.626. The summed E-state index contributed by atoms with van der Waals surface area (Å²) in [6.45, 7) is 2.03. The zero-order valence-electron chi connectivity index (χ0n) is 10.5. The molecule has 2 N–H and O–H groups in total. The van der Waals surface area contributed by atoms with Crippen LogP contribution in [-0.4, -0.2) is 19.7 Å². The van der Waals surface area contributed by atoms with Crippen molar-refractivity contribution in [3.05, 3.63) is 40.7 Å². The Morgan fingerprint density at radius 2 is 2.28 bits per heavy atom. The minimum Gasteiger partial charge on any atom is -0.322 e. The van der Waals surface area contributed by atoms with Gasteiger partial charge in [0.05, 0.1) is 28.1 Å². The van der Waals surface area contributed by atoms with Crippen LogP contribution in [0.3, 0.4) is 0 Å². The van der Waals surface area contributed by atoms with E-state index in [2.05, 4.69) is 15.1 Å². The van der Waals surface area contributed by atoms with Crippen molar-refractivity contribution in [1.29, 1.82) is 0 Å². The smallest absolute Gasteiger partial charge is 0.115 e. The van der Waals surface area contributed by atoms with E-state index in [9.17, 15) is 0 Å². The van der Waals surface area contributed by atoms with Crippen LogP contribution in [0.2, 0.25) is 5.02 Å². The van der Waals surface area contributed by atoms with E-state index in [1.54, 1.807) is 10.9 Å². The van der Waals surface area contributed by atoms with Gasteiger partial charge in [0.2, 0.25) is 0 Å². The standard InChI is InChI=1S/C12H16ClN5/c1-3-9-12(13)11(18(2)17-9)6-8(14)10-4-5-15-7-16-10/h4-5,7-8H,3,6,14H2,1-2H3. The Kier molecular flexibility index (Phi) is 3.93. The van der Waals surface area contributed by atoms with Crippen LogP contribution in [0.1, 0.15) is 30.0 Å². The molecule has 18 heavy (non-hydrogen) atoms. The fraction of sp³-hybridized carbons (Fsp3) is 0.417. The average Bonchev–Trinajstić information content (AvgIpc) is 2.67. The third-order valence-electron chi connectivity index (χ3n) is 2.90. The molecule has 1 atom stereocenters. The Balaban J connectivity index is 2.22. The van der Waals surface area contributed by atoms with E-state index < -0.39 is 0 Å². The minimum atomic E-state index is -0.203. The van der Waals surface area contributed by atoms with Gasteiger partial charge in [0.1, 0.15) is 6.33 Å². The van der Waals surface area contributed by atoms with E-state index in [1.807, 2.05) is 20.0 Å². The van der Waals surface area contributed by atoms with Crippen LogP contribution < -0.4 is 5.73 Å². The van der Waals surface area contributed by atoms with Crippen LogP contribution in [0.25, 0.3) is 0 Å². The van der Waals surface area contributed by atoms with Crippen LogP contribution in [0.4, 0.5) is 0 Å². The molecule has 5 nitrogen and oxygen atoms in total. The van der Waals surface area contributed by atoms with Crippen LogP contribution >= 0.6 is 11.6 Å². The molecule has 0 radical (unpaired) electrons. The van der Waals surface area contributed by atoms with Gasteiger partial charge >= 0.3 is 0 Å². The highest BCUT2D eigenvalue weighted by Gasteiger charge is 2.17. The number of nitrogens with two attached hydrogens (primary N) is 1. The molecule has 0 spiro atoms. The number of aryl methyl sites for hydroxylation is 2. The highest BCUT2D eigenvalue weighted by Crippen LogP contribution is 2.24. The summed E-state index contributed by atoms with van der Waals surface area (Å²) in [7, 11) is 1.88. The molecule has 2 heterocycles. The number of hydrogen-bond acceptors (Lipinski definition) is 4. The summed E-state index contributed by atoms with van der Waals surface area (Å²) in [6.07, 6.45) is 4.61. The molecular weight excluding hydrogens is 250 g/mol. The fourth-order valence-electron chi connectivity index (χ4n) is 1.87. The zero-order valence-corrected chi connectivity index (χ0v) is 11.2. The molecule has 96 valence electrons. The summed E-state index contributed by atoms with van der Waals surface area (Å²) in [5.41, 5.74) is 8.78. The molecule has 0 fully saturated rings. The molecule has 0 saturated heterocycles. The van der Waals surface area contributed by atoms with E-state index in [0.717, 1.165) is 23.5 Å². The first-order valence-electron chi connectivity index (χ1n) is 5.85. The topological polar surface area (TPSA) is 69.6 Å². The summed E-state index contributed by atoms with van der Waals surface area (Å²) < 4.78 is 1.79. The molecule has 0 amide bonds. The van der Waals surface area contributed by atoms with Gasteiger partial charge in [0.25, 0.3) is 0 Å². The van der Waals surface area contributed by atoms with Gasteiger partial charge in [-0.3, -0.25) is 4.68 Å². The summed E-state index contributed by atoms with van der Waals surface area (Å²) in [4.78, 5) is 8.03. The average molecular weight is 266 g/mol. The molecule has 0 aliphatic heterocycles. The lowest BCUT2D eigenvalue weighted by atomic mass is 10.1. The predicted molar refractivity (Wildman–Crippen MR) is 70.3 cm³/mol. The summed E-state index contributed by atoms with van der Waals surface area (Å²) in [5.74, 6) is 0. The second kappa shape index (κ2) is 5.46. The maximum absolute atomic E-state index is 6.29. The molecule has 2 rings (SSSR count). The number of halogens is 1. The molecule has 2 aromatic rings. The van der Waals surface area contributed by atoms with E-state index in [4.69, 9.17) is 17.3 Å². The van der Waals surface area contributed by atoms with Gasteiger partial charge in [-0.25, -0.2) is 9.97 Å². The van der Waals surface area contributed by atoms with Crippen molar-refractivity contribution in [2.45, 2.75) is 25.8 Å². The molecule has 0 aromatic carbocycles.